The van der Waals surface area contributed by atoms with Crippen LogP contribution in [0.1, 0.15) is 38.8 Å². The van der Waals surface area contributed by atoms with E-state index in [4.69, 9.17) is 27.9 Å². The summed E-state index contributed by atoms with van der Waals surface area (Å²) in [6.45, 7) is 7.71. The lowest BCUT2D eigenvalue weighted by molar-refractivity contribution is 0.149. The fraction of sp³-hybridized carbons (Fsp3) is 0.600. The highest BCUT2D eigenvalue weighted by atomic mass is 35.5. The van der Waals surface area contributed by atoms with E-state index in [2.05, 4.69) is 19.2 Å². The van der Waals surface area contributed by atoms with E-state index in [0.29, 0.717) is 17.2 Å². The molecule has 0 saturated heterocycles. The standard InChI is InChI=1S/C15H22Cl2FNO/c1-10(19-9-15(2,3)7-8-20-4)13-11(16)5-6-12(18)14(13)17/h5-6,10,19H,7-9H2,1-4H3. The van der Waals surface area contributed by atoms with Gasteiger partial charge in [-0.3, -0.25) is 0 Å². The second kappa shape index (κ2) is 7.60. The zero-order valence-corrected chi connectivity index (χ0v) is 13.9. The smallest absolute Gasteiger partial charge is 0.142 e. The van der Waals surface area contributed by atoms with Crippen molar-refractivity contribution in [3.05, 3.63) is 33.6 Å². The highest BCUT2D eigenvalue weighted by molar-refractivity contribution is 6.36. The van der Waals surface area contributed by atoms with E-state index in [1.165, 1.54) is 12.1 Å². The van der Waals surface area contributed by atoms with Crippen LogP contribution in [-0.4, -0.2) is 20.3 Å². The lowest BCUT2D eigenvalue weighted by atomic mass is 9.89. The lowest BCUT2D eigenvalue weighted by Gasteiger charge is -2.27. The molecule has 0 heterocycles. The van der Waals surface area contributed by atoms with E-state index in [1.54, 1.807) is 7.11 Å². The number of ether oxygens (including phenoxy) is 1. The Morgan fingerprint density at radius 2 is 2.00 bits per heavy atom. The largest absolute Gasteiger partial charge is 0.385 e. The predicted octanol–water partition coefficient (Wildman–Crippen LogP) is 4.85. The number of methoxy groups -OCH3 is 1. The summed E-state index contributed by atoms with van der Waals surface area (Å²) in [6, 6.07) is 2.70. The fourth-order valence-electron chi connectivity index (χ4n) is 1.94. The van der Waals surface area contributed by atoms with Gasteiger partial charge in [-0.15, -0.1) is 0 Å². The Hall–Kier alpha value is -0.350. The van der Waals surface area contributed by atoms with Gasteiger partial charge in [0.05, 0.1) is 5.02 Å². The molecule has 5 heteroatoms. The number of halogens is 3. The highest BCUT2D eigenvalue weighted by Gasteiger charge is 2.21. The normalized spacial score (nSPS) is 13.6. The zero-order chi connectivity index (χ0) is 15.3. The van der Waals surface area contributed by atoms with Crippen molar-refractivity contribution >= 4 is 23.2 Å². The maximum atomic E-state index is 13.5. The maximum Gasteiger partial charge on any atom is 0.142 e. The lowest BCUT2D eigenvalue weighted by Crippen LogP contribution is -2.32. The Bertz CT molecular complexity index is 452. The van der Waals surface area contributed by atoms with E-state index >= 15 is 0 Å². The number of benzene rings is 1. The molecule has 0 aliphatic carbocycles. The van der Waals surface area contributed by atoms with Crippen LogP contribution in [0.4, 0.5) is 4.39 Å². The van der Waals surface area contributed by atoms with E-state index in [-0.39, 0.29) is 16.5 Å². The van der Waals surface area contributed by atoms with E-state index in [0.717, 1.165) is 13.0 Å². The van der Waals surface area contributed by atoms with Crippen molar-refractivity contribution in [2.75, 3.05) is 20.3 Å². The first-order chi connectivity index (χ1) is 9.28. The minimum Gasteiger partial charge on any atom is -0.385 e. The third kappa shape index (κ3) is 4.88. The van der Waals surface area contributed by atoms with Gasteiger partial charge in [-0.05, 0) is 30.9 Å². The van der Waals surface area contributed by atoms with Gasteiger partial charge in [0, 0.05) is 36.9 Å². The molecule has 1 aromatic rings. The van der Waals surface area contributed by atoms with Crippen LogP contribution in [0.5, 0.6) is 0 Å². The molecule has 0 bridgehead atoms. The molecule has 2 nitrogen and oxygen atoms in total. The summed E-state index contributed by atoms with van der Waals surface area (Å²) < 4.78 is 18.6. The molecule has 0 amide bonds. The molecule has 0 spiro atoms. The first-order valence-corrected chi connectivity index (χ1v) is 7.40. The highest BCUT2D eigenvalue weighted by Crippen LogP contribution is 2.32. The maximum absolute atomic E-state index is 13.5. The van der Waals surface area contributed by atoms with Crippen molar-refractivity contribution in [3.8, 4) is 0 Å². The Morgan fingerprint density at radius 1 is 1.35 bits per heavy atom. The zero-order valence-electron chi connectivity index (χ0n) is 12.4. The molecule has 1 unspecified atom stereocenters. The van der Waals surface area contributed by atoms with Gasteiger partial charge in [-0.2, -0.15) is 0 Å². The Balaban J connectivity index is 2.72. The molecule has 1 atom stereocenters. The van der Waals surface area contributed by atoms with Gasteiger partial charge in [0.25, 0.3) is 0 Å². The molecule has 0 saturated carbocycles. The fourth-order valence-corrected chi connectivity index (χ4v) is 2.64. The van der Waals surface area contributed by atoms with Gasteiger partial charge in [0.15, 0.2) is 0 Å². The minimum absolute atomic E-state index is 0.0799. The van der Waals surface area contributed by atoms with Crippen LogP contribution < -0.4 is 5.32 Å². The van der Waals surface area contributed by atoms with Crippen LogP contribution in [0.25, 0.3) is 0 Å². The third-order valence-corrected chi connectivity index (χ3v) is 4.10. The number of hydrogen-bond acceptors (Lipinski definition) is 2. The van der Waals surface area contributed by atoms with Crippen molar-refractivity contribution in [3.63, 3.8) is 0 Å². The monoisotopic (exact) mass is 321 g/mol. The van der Waals surface area contributed by atoms with Gasteiger partial charge < -0.3 is 10.1 Å². The van der Waals surface area contributed by atoms with Gasteiger partial charge in [0.2, 0.25) is 0 Å². The summed E-state index contributed by atoms with van der Waals surface area (Å²) in [5, 5.41) is 3.93. The van der Waals surface area contributed by atoms with Gasteiger partial charge >= 0.3 is 0 Å². The summed E-state index contributed by atoms with van der Waals surface area (Å²) in [4.78, 5) is 0. The number of rotatable bonds is 7. The third-order valence-electron chi connectivity index (χ3n) is 3.38. The molecule has 0 aromatic heterocycles. The molecule has 0 fully saturated rings. The second-order valence-electron chi connectivity index (χ2n) is 5.77. The molecule has 1 rings (SSSR count). The molecule has 0 radical (unpaired) electrons. The summed E-state index contributed by atoms with van der Waals surface area (Å²) in [5.74, 6) is -0.446. The van der Waals surface area contributed by atoms with Crippen LogP contribution in [0, 0.1) is 11.2 Å². The van der Waals surface area contributed by atoms with Gasteiger partial charge in [-0.25, -0.2) is 4.39 Å². The van der Waals surface area contributed by atoms with Gasteiger partial charge in [0.1, 0.15) is 5.82 Å². The van der Waals surface area contributed by atoms with Crippen LogP contribution in [0.15, 0.2) is 12.1 Å². The molecular weight excluding hydrogens is 300 g/mol. The summed E-state index contributed by atoms with van der Waals surface area (Å²) in [6.07, 6.45) is 0.938. The van der Waals surface area contributed by atoms with E-state index in [9.17, 15) is 4.39 Å². The van der Waals surface area contributed by atoms with Crippen LogP contribution in [0.3, 0.4) is 0 Å². The number of nitrogens with one attached hydrogen (secondary N) is 1. The average molecular weight is 322 g/mol. The second-order valence-corrected chi connectivity index (χ2v) is 6.55. The van der Waals surface area contributed by atoms with Crippen molar-refractivity contribution in [2.45, 2.75) is 33.2 Å². The van der Waals surface area contributed by atoms with Crippen molar-refractivity contribution < 1.29 is 9.13 Å². The van der Waals surface area contributed by atoms with Gasteiger partial charge in [-0.1, -0.05) is 37.0 Å². The van der Waals surface area contributed by atoms with Crippen molar-refractivity contribution in [1.82, 2.24) is 5.32 Å². The number of hydrogen-bond donors (Lipinski definition) is 1. The first kappa shape index (κ1) is 17.7. The summed E-state index contributed by atoms with van der Waals surface area (Å²) >= 11 is 12.1. The molecule has 0 aliphatic rings. The topological polar surface area (TPSA) is 21.3 Å². The Labute approximate surface area is 130 Å². The first-order valence-electron chi connectivity index (χ1n) is 6.64. The van der Waals surface area contributed by atoms with Crippen LogP contribution in [0.2, 0.25) is 10.0 Å². The van der Waals surface area contributed by atoms with Crippen LogP contribution >= 0.6 is 23.2 Å². The van der Waals surface area contributed by atoms with E-state index in [1.807, 2.05) is 6.92 Å². The predicted molar refractivity (Wildman–Crippen MR) is 83.1 cm³/mol. The Kier molecular flexibility index (Phi) is 6.73. The molecule has 1 aromatic carbocycles. The quantitative estimate of drug-likeness (QED) is 0.725. The average Bonchev–Trinajstić information content (AvgIpc) is 2.39. The van der Waals surface area contributed by atoms with Crippen LogP contribution in [-0.2, 0) is 4.74 Å². The summed E-state index contributed by atoms with van der Waals surface area (Å²) in [5.41, 5.74) is 0.687. The van der Waals surface area contributed by atoms with Crippen molar-refractivity contribution in [1.29, 1.82) is 0 Å². The molecule has 20 heavy (non-hydrogen) atoms. The van der Waals surface area contributed by atoms with E-state index < -0.39 is 5.82 Å². The summed E-state index contributed by atoms with van der Waals surface area (Å²) in [7, 11) is 1.69. The molecule has 1 N–H and O–H groups in total. The Morgan fingerprint density at radius 3 is 2.60 bits per heavy atom. The molecule has 114 valence electrons. The minimum atomic E-state index is -0.446. The SMILES string of the molecule is COCCC(C)(C)CNC(C)c1c(Cl)ccc(F)c1Cl. The molecule has 0 aliphatic heterocycles. The molecular formula is C15H22Cl2FNO. The van der Waals surface area contributed by atoms with Crippen molar-refractivity contribution in [2.24, 2.45) is 5.41 Å².